The van der Waals surface area contributed by atoms with E-state index in [0.29, 0.717) is 24.6 Å². The summed E-state index contributed by atoms with van der Waals surface area (Å²) >= 11 is 0. The second-order valence-electron chi connectivity index (χ2n) is 3.32. The number of hydrogen-bond acceptors (Lipinski definition) is 6. The quantitative estimate of drug-likeness (QED) is 0.792. The van der Waals surface area contributed by atoms with Crippen LogP contribution in [0.3, 0.4) is 0 Å². The minimum Gasteiger partial charge on any atom is -0.476 e. The normalized spacial score (nSPS) is 10.1. The van der Waals surface area contributed by atoms with Crippen molar-refractivity contribution in [2.75, 3.05) is 20.3 Å². The number of carboxylic acids is 1. The van der Waals surface area contributed by atoms with E-state index in [2.05, 4.69) is 9.72 Å². The molecule has 0 spiro atoms. The van der Waals surface area contributed by atoms with Gasteiger partial charge < -0.3 is 20.3 Å². The number of methoxy groups -OCH3 is 1. The van der Waals surface area contributed by atoms with Crippen LogP contribution in [-0.2, 0) is 9.53 Å². The molecule has 1 aromatic heterocycles. The largest absolute Gasteiger partial charge is 0.490 e. The molecular weight excluding hydrogens is 297 g/mol. The Kier molecular flexibility index (Phi) is 7.76. The van der Waals surface area contributed by atoms with Gasteiger partial charge in [0.2, 0.25) is 5.88 Å². The summed E-state index contributed by atoms with van der Waals surface area (Å²) in [4.78, 5) is 23.8. The van der Waals surface area contributed by atoms with Crippen LogP contribution in [0.4, 0.5) is 13.2 Å². The van der Waals surface area contributed by atoms with Crippen molar-refractivity contribution >= 4 is 11.9 Å². The Labute approximate surface area is 117 Å². The van der Waals surface area contributed by atoms with Crippen LogP contribution in [0, 0.1) is 0 Å². The third kappa shape index (κ3) is 7.72. The van der Waals surface area contributed by atoms with Crippen LogP contribution in [0.15, 0.2) is 18.3 Å². The predicted molar refractivity (Wildman–Crippen MR) is 63.8 cm³/mol. The van der Waals surface area contributed by atoms with E-state index in [1.54, 1.807) is 12.1 Å². The molecule has 10 heteroatoms. The highest BCUT2D eigenvalue weighted by Crippen LogP contribution is 2.13. The molecule has 0 radical (unpaired) electrons. The van der Waals surface area contributed by atoms with Gasteiger partial charge >= 0.3 is 18.1 Å². The number of alkyl halides is 3. The fourth-order valence-electron chi connectivity index (χ4n) is 0.868. The smallest absolute Gasteiger partial charge is 0.476 e. The Bertz CT molecular complexity index is 462. The minimum atomic E-state index is -5.08. The molecule has 0 aliphatic carbocycles. The highest BCUT2D eigenvalue weighted by atomic mass is 19.4. The number of aliphatic carboxylic acids is 1. The number of nitrogens with two attached hydrogens (primary N) is 1. The first-order chi connectivity index (χ1) is 9.72. The number of pyridine rings is 1. The van der Waals surface area contributed by atoms with E-state index in [1.807, 2.05) is 0 Å². The maximum Gasteiger partial charge on any atom is 0.490 e. The van der Waals surface area contributed by atoms with Crippen molar-refractivity contribution in [3.8, 4) is 5.88 Å². The lowest BCUT2D eigenvalue weighted by Crippen LogP contribution is -2.21. The van der Waals surface area contributed by atoms with Crippen molar-refractivity contribution in [1.82, 2.24) is 4.98 Å². The van der Waals surface area contributed by atoms with Crippen molar-refractivity contribution in [3.05, 3.63) is 23.9 Å². The van der Waals surface area contributed by atoms with E-state index < -0.39 is 18.1 Å². The summed E-state index contributed by atoms with van der Waals surface area (Å²) in [7, 11) is 1.32. The predicted octanol–water partition coefficient (Wildman–Crippen LogP) is 0.839. The van der Waals surface area contributed by atoms with E-state index >= 15 is 0 Å². The summed E-state index contributed by atoms with van der Waals surface area (Å²) in [5.41, 5.74) is 5.65. The maximum atomic E-state index is 11.0. The second-order valence-corrected chi connectivity index (χ2v) is 3.32. The van der Waals surface area contributed by atoms with Gasteiger partial charge in [-0.15, -0.1) is 0 Å². The molecule has 0 amide bonds. The molecule has 3 N–H and O–H groups in total. The number of carbonyl (C=O) groups is 2. The van der Waals surface area contributed by atoms with Crippen LogP contribution in [0.2, 0.25) is 0 Å². The van der Waals surface area contributed by atoms with Crippen LogP contribution in [0.5, 0.6) is 5.88 Å². The molecule has 21 heavy (non-hydrogen) atoms. The summed E-state index contributed by atoms with van der Waals surface area (Å²) in [5, 5.41) is 7.12. The molecule has 0 saturated carbocycles. The molecule has 0 aliphatic heterocycles. The molecule has 0 atom stereocenters. The number of halogens is 3. The van der Waals surface area contributed by atoms with Gasteiger partial charge in [0.1, 0.15) is 6.61 Å². The number of nitrogens with zero attached hydrogens (tertiary/aromatic N) is 1. The minimum absolute atomic E-state index is 0.396. The van der Waals surface area contributed by atoms with Crippen LogP contribution < -0.4 is 10.5 Å². The molecule has 0 aliphatic rings. The fraction of sp³-hybridized carbons (Fsp3) is 0.364. The lowest BCUT2D eigenvalue weighted by molar-refractivity contribution is -0.192. The zero-order valence-corrected chi connectivity index (χ0v) is 10.9. The van der Waals surface area contributed by atoms with Gasteiger partial charge in [-0.25, -0.2) is 14.6 Å². The van der Waals surface area contributed by atoms with Gasteiger partial charge in [-0.3, -0.25) is 0 Å². The van der Waals surface area contributed by atoms with Crippen LogP contribution in [0.25, 0.3) is 0 Å². The third-order valence-electron chi connectivity index (χ3n) is 1.77. The standard InChI is InChI=1S/C9H12N2O3.C2HF3O2/c1-13-9(12)7-2-3-8(11-6-7)14-5-4-10;3-2(4,5)1(6)7/h2-3,6H,4-5,10H2,1H3;(H,6,7). The van der Waals surface area contributed by atoms with Gasteiger partial charge in [-0.1, -0.05) is 0 Å². The number of hydrogen-bond donors (Lipinski definition) is 2. The van der Waals surface area contributed by atoms with E-state index in [-0.39, 0.29) is 0 Å². The molecule has 0 unspecified atom stereocenters. The third-order valence-corrected chi connectivity index (χ3v) is 1.77. The van der Waals surface area contributed by atoms with Gasteiger partial charge in [0, 0.05) is 18.8 Å². The van der Waals surface area contributed by atoms with E-state index in [9.17, 15) is 18.0 Å². The Balaban J connectivity index is 0.000000486. The van der Waals surface area contributed by atoms with Crippen molar-refractivity contribution < 1.29 is 37.3 Å². The van der Waals surface area contributed by atoms with Crippen LogP contribution in [-0.4, -0.2) is 48.5 Å². The summed E-state index contributed by atoms with van der Waals surface area (Å²) in [5.74, 6) is -2.72. The Morgan fingerprint density at radius 3 is 2.29 bits per heavy atom. The average molecular weight is 310 g/mol. The van der Waals surface area contributed by atoms with Crippen molar-refractivity contribution in [1.29, 1.82) is 0 Å². The zero-order chi connectivity index (χ0) is 16.5. The first-order valence-electron chi connectivity index (χ1n) is 5.39. The molecule has 1 heterocycles. The number of rotatable bonds is 4. The van der Waals surface area contributed by atoms with Gasteiger partial charge in [0.25, 0.3) is 0 Å². The summed E-state index contributed by atoms with van der Waals surface area (Å²) < 4.78 is 41.4. The van der Waals surface area contributed by atoms with Gasteiger partial charge in [0.15, 0.2) is 0 Å². The van der Waals surface area contributed by atoms with Gasteiger partial charge in [-0.2, -0.15) is 13.2 Å². The second kappa shape index (κ2) is 8.74. The topological polar surface area (TPSA) is 112 Å². The Morgan fingerprint density at radius 1 is 1.38 bits per heavy atom. The number of ether oxygens (including phenoxy) is 2. The number of carbonyl (C=O) groups excluding carboxylic acids is 1. The van der Waals surface area contributed by atoms with Gasteiger partial charge in [0.05, 0.1) is 12.7 Å². The summed E-state index contributed by atoms with van der Waals surface area (Å²) in [6, 6.07) is 3.19. The van der Waals surface area contributed by atoms with E-state index in [4.69, 9.17) is 20.4 Å². The van der Waals surface area contributed by atoms with Crippen LogP contribution in [0.1, 0.15) is 10.4 Å². The highest BCUT2D eigenvalue weighted by molar-refractivity contribution is 5.88. The van der Waals surface area contributed by atoms with Crippen LogP contribution >= 0.6 is 0 Å². The van der Waals surface area contributed by atoms with E-state index in [0.717, 1.165) is 0 Å². The summed E-state index contributed by atoms with van der Waals surface area (Å²) in [6.07, 6.45) is -3.68. The highest BCUT2D eigenvalue weighted by Gasteiger charge is 2.38. The molecule has 0 saturated heterocycles. The van der Waals surface area contributed by atoms with Crippen molar-refractivity contribution in [3.63, 3.8) is 0 Å². The first-order valence-corrected chi connectivity index (χ1v) is 5.39. The number of carboxylic acid groups (broad SMARTS) is 1. The molecule has 0 fully saturated rings. The van der Waals surface area contributed by atoms with Gasteiger partial charge in [-0.05, 0) is 6.07 Å². The van der Waals surface area contributed by atoms with E-state index in [1.165, 1.54) is 13.3 Å². The Hall–Kier alpha value is -2.36. The first kappa shape index (κ1) is 18.6. The SMILES string of the molecule is COC(=O)c1ccc(OCCN)nc1.O=C(O)C(F)(F)F. The lowest BCUT2D eigenvalue weighted by atomic mass is 10.3. The zero-order valence-electron chi connectivity index (χ0n) is 10.9. The molecule has 0 bridgehead atoms. The average Bonchev–Trinajstić information content (AvgIpc) is 2.44. The number of esters is 1. The van der Waals surface area contributed by atoms with Crippen molar-refractivity contribution in [2.45, 2.75) is 6.18 Å². The monoisotopic (exact) mass is 310 g/mol. The molecule has 7 nitrogen and oxygen atoms in total. The fourth-order valence-corrected chi connectivity index (χ4v) is 0.868. The molecule has 0 aromatic carbocycles. The van der Waals surface area contributed by atoms with Crippen molar-refractivity contribution in [2.24, 2.45) is 5.73 Å². The maximum absolute atomic E-state index is 11.0. The molecule has 118 valence electrons. The summed E-state index contributed by atoms with van der Waals surface area (Å²) in [6.45, 7) is 0.838. The lowest BCUT2D eigenvalue weighted by Gasteiger charge is -2.03. The molecule has 1 aromatic rings. The molecule has 1 rings (SSSR count). The Morgan fingerprint density at radius 2 is 1.95 bits per heavy atom. The number of aromatic nitrogens is 1. The molecular formula is C11H13F3N2O5.